The van der Waals surface area contributed by atoms with Gasteiger partial charge in [-0.05, 0) is 49.4 Å². The number of carbonyl (C=O) groups is 1. The molecule has 0 amide bonds. The third kappa shape index (κ3) is 2.86. The van der Waals surface area contributed by atoms with Crippen molar-refractivity contribution in [2.45, 2.75) is 11.8 Å². The van der Waals surface area contributed by atoms with Gasteiger partial charge >= 0.3 is 0 Å². The van der Waals surface area contributed by atoms with Gasteiger partial charge in [-0.15, -0.1) is 0 Å². The molecule has 0 fully saturated rings. The highest BCUT2D eigenvalue weighted by atomic mass is 32.2. The van der Waals surface area contributed by atoms with E-state index in [1.807, 2.05) is 6.92 Å². The first-order valence-electron chi connectivity index (χ1n) is 9.32. The standard InChI is InChI=1S/C23H17NO5S/c1-15-5-8-17(9-6-15)30(26,27)24-12-11-18-19(3-2-4-20(18)24)23(25)16-7-10-21-22(13-16)29-14-28-21/h2-13H,14H2,1H3. The number of benzene rings is 3. The molecule has 0 radical (unpaired) electrons. The van der Waals surface area contributed by atoms with Crippen LogP contribution in [0.15, 0.2) is 77.8 Å². The molecule has 1 aliphatic heterocycles. The van der Waals surface area contributed by atoms with Crippen LogP contribution in [0, 0.1) is 6.92 Å². The van der Waals surface area contributed by atoms with Crippen molar-refractivity contribution in [2.75, 3.05) is 6.79 Å². The van der Waals surface area contributed by atoms with Gasteiger partial charge in [0.2, 0.25) is 6.79 Å². The van der Waals surface area contributed by atoms with Crippen LogP contribution in [0.4, 0.5) is 0 Å². The van der Waals surface area contributed by atoms with Crippen LogP contribution in [0.2, 0.25) is 0 Å². The topological polar surface area (TPSA) is 74.6 Å². The third-order valence-corrected chi connectivity index (χ3v) is 6.86. The highest BCUT2D eigenvalue weighted by Gasteiger charge is 2.22. The maximum absolute atomic E-state index is 13.2. The Morgan fingerprint density at radius 3 is 2.50 bits per heavy atom. The number of aryl methyl sites for hydroxylation is 1. The van der Waals surface area contributed by atoms with E-state index in [1.165, 1.54) is 10.2 Å². The zero-order valence-corrected chi connectivity index (χ0v) is 16.8. The number of rotatable bonds is 4. The van der Waals surface area contributed by atoms with Crippen LogP contribution in [-0.2, 0) is 10.0 Å². The summed E-state index contributed by atoms with van der Waals surface area (Å²) in [6.45, 7) is 2.03. The van der Waals surface area contributed by atoms with Crippen molar-refractivity contribution in [2.24, 2.45) is 0 Å². The number of aromatic nitrogens is 1. The molecule has 0 bridgehead atoms. The molecule has 1 aliphatic rings. The summed E-state index contributed by atoms with van der Waals surface area (Å²) < 4.78 is 38.2. The zero-order valence-electron chi connectivity index (χ0n) is 16.0. The van der Waals surface area contributed by atoms with E-state index in [4.69, 9.17) is 9.47 Å². The van der Waals surface area contributed by atoms with Crippen molar-refractivity contribution in [3.8, 4) is 11.5 Å². The fourth-order valence-corrected chi connectivity index (χ4v) is 4.91. The number of fused-ring (bicyclic) bond motifs is 2. The van der Waals surface area contributed by atoms with Gasteiger partial charge in [0.25, 0.3) is 10.0 Å². The number of hydrogen-bond donors (Lipinski definition) is 0. The maximum Gasteiger partial charge on any atom is 0.268 e. The van der Waals surface area contributed by atoms with E-state index in [-0.39, 0.29) is 17.5 Å². The Kier molecular flexibility index (Phi) is 4.15. The summed E-state index contributed by atoms with van der Waals surface area (Å²) in [5, 5.41) is 0.566. The van der Waals surface area contributed by atoms with Crippen molar-refractivity contribution < 1.29 is 22.7 Å². The molecule has 0 atom stereocenters. The largest absolute Gasteiger partial charge is 0.454 e. The number of ketones is 1. The molecule has 0 spiro atoms. The highest BCUT2D eigenvalue weighted by molar-refractivity contribution is 7.90. The number of hydrogen-bond acceptors (Lipinski definition) is 5. The zero-order chi connectivity index (χ0) is 20.9. The molecule has 0 saturated heterocycles. The first-order valence-corrected chi connectivity index (χ1v) is 10.8. The van der Waals surface area contributed by atoms with Gasteiger partial charge in [-0.3, -0.25) is 4.79 Å². The fourth-order valence-electron chi connectivity index (χ4n) is 3.57. The predicted octanol–water partition coefficient (Wildman–Crippen LogP) is 4.15. The van der Waals surface area contributed by atoms with Gasteiger partial charge in [-0.25, -0.2) is 12.4 Å². The first-order chi connectivity index (χ1) is 14.4. The quantitative estimate of drug-likeness (QED) is 0.465. The SMILES string of the molecule is Cc1ccc(S(=O)(=O)n2ccc3c(C(=O)c4ccc5c(c4)OCO5)cccc32)cc1. The van der Waals surface area contributed by atoms with E-state index >= 15 is 0 Å². The fraction of sp³-hybridized carbons (Fsp3) is 0.0870. The Hall–Kier alpha value is -3.58. The van der Waals surface area contributed by atoms with Crippen LogP contribution in [0.1, 0.15) is 21.5 Å². The van der Waals surface area contributed by atoms with Crippen molar-refractivity contribution in [1.82, 2.24) is 3.97 Å². The van der Waals surface area contributed by atoms with Crippen molar-refractivity contribution in [3.05, 3.63) is 89.6 Å². The van der Waals surface area contributed by atoms with Crippen LogP contribution < -0.4 is 9.47 Å². The number of carbonyl (C=O) groups excluding carboxylic acids is 1. The molecule has 0 aliphatic carbocycles. The van der Waals surface area contributed by atoms with Gasteiger partial charge < -0.3 is 9.47 Å². The summed E-state index contributed by atoms with van der Waals surface area (Å²) in [4.78, 5) is 13.4. The lowest BCUT2D eigenvalue weighted by Gasteiger charge is -2.09. The molecule has 0 N–H and O–H groups in total. The van der Waals surface area contributed by atoms with E-state index in [0.29, 0.717) is 33.5 Å². The molecule has 30 heavy (non-hydrogen) atoms. The summed E-state index contributed by atoms with van der Waals surface area (Å²) in [6.07, 6.45) is 1.48. The average molecular weight is 419 g/mol. The summed E-state index contributed by atoms with van der Waals surface area (Å²) in [6, 6.07) is 18.4. The van der Waals surface area contributed by atoms with Gasteiger partial charge in [0.15, 0.2) is 17.3 Å². The van der Waals surface area contributed by atoms with Crippen molar-refractivity contribution >= 4 is 26.7 Å². The second-order valence-electron chi connectivity index (χ2n) is 7.07. The Morgan fingerprint density at radius 2 is 1.70 bits per heavy atom. The lowest BCUT2D eigenvalue weighted by atomic mass is 10.00. The molecule has 150 valence electrons. The Bertz CT molecular complexity index is 1400. The minimum Gasteiger partial charge on any atom is -0.454 e. The second kappa shape index (κ2) is 6.74. The average Bonchev–Trinajstić information content (AvgIpc) is 3.40. The predicted molar refractivity (Wildman–Crippen MR) is 112 cm³/mol. The van der Waals surface area contributed by atoms with Gasteiger partial charge in [0.1, 0.15) is 0 Å². The van der Waals surface area contributed by atoms with E-state index in [2.05, 4.69) is 0 Å². The first kappa shape index (κ1) is 18.4. The Morgan fingerprint density at radius 1 is 0.933 bits per heavy atom. The molecule has 0 unspecified atom stereocenters. The summed E-state index contributed by atoms with van der Waals surface area (Å²) in [5.74, 6) is 0.900. The van der Waals surface area contributed by atoms with Crippen molar-refractivity contribution in [3.63, 3.8) is 0 Å². The van der Waals surface area contributed by atoms with Crippen LogP contribution in [0.3, 0.4) is 0 Å². The molecule has 3 aromatic carbocycles. The van der Waals surface area contributed by atoms with Gasteiger partial charge in [-0.1, -0.05) is 29.8 Å². The molecule has 7 heteroatoms. The van der Waals surface area contributed by atoms with Gasteiger partial charge in [0, 0.05) is 22.7 Å². The molecule has 2 heterocycles. The highest BCUT2D eigenvalue weighted by Crippen LogP contribution is 2.34. The smallest absolute Gasteiger partial charge is 0.268 e. The molecule has 6 nitrogen and oxygen atoms in total. The summed E-state index contributed by atoms with van der Waals surface area (Å²) >= 11 is 0. The lowest BCUT2D eigenvalue weighted by Crippen LogP contribution is -2.12. The normalized spacial score (nSPS) is 13.0. The lowest BCUT2D eigenvalue weighted by molar-refractivity contribution is 0.104. The van der Waals surface area contributed by atoms with Gasteiger partial charge in [0.05, 0.1) is 10.4 Å². The molecular formula is C23H17NO5S. The van der Waals surface area contributed by atoms with Crippen LogP contribution in [0.5, 0.6) is 11.5 Å². The minimum atomic E-state index is -3.79. The van der Waals surface area contributed by atoms with E-state index < -0.39 is 10.0 Å². The molecule has 1 aromatic heterocycles. The molecule has 0 saturated carbocycles. The molecule has 5 rings (SSSR count). The third-order valence-electron chi connectivity index (χ3n) is 5.15. The van der Waals surface area contributed by atoms with Crippen LogP contribution in [0.25, 0.3) is 10.9 Å². The van der Waals surface area contributed by atoms with Crippen molar-refractivity contribution in [1.29, 1.82) is 0 Å². The Balaban J connectivity index is 1.60. The van der Waals surface area contributed by atoms with Crippen LogP contribution >= 0.6 is 0 Å². The summed E-state index contributed by atoms with van der Waals surface area (Å²) in [5.41, 5.74) is 2.29. The monoisotopic (exact) mass is 419 g/mol. The minimum absolute atomic E-state index is 0.127. The van der Waals surface area contributed by atoms with E-state index in [1.54, 1.807) is 66.7 Å². The number of nitrogens with zero attached hydrogens (tertiary/aromatic N) is 1. The van der Waals surface area contributed by atoms with Crippen LogP contribution in [-0.4, -0.2) is 25.0 Å². The molecule has 4 aromatic rings. The Labute approximate surface area is 173 Å². The van der Waals surface area contributed by atoms with E-state index in [0.717, 1.165) is 5.56 Å². The molecular weight excluding hydrogens is 402 g/mol. The second-order valence-corrected chi connectivity index (χ2v) is 8.88. The van der Waals surface area contributed by atoms with Gasteiger partial charge in [-0.2, -0.15) is 0 Å². The van der Waals surface area contributed by atoms with E-state index in [9.17, 15) is 13.2 Å². The maximum atomic E-state index is 13.2. The number of ether oxygens (including phenoxy) is 2. The summed E-state index contributed by atoms with van der Waals surface area (Å²) in [7, 11) is -3.79.